The van der Waals surface area contributed by atoms with Crippen LogP contribution in [0.4, 0.5) is 4.39 Å². The van der Waals surface area contributed by atoms with Gasteiger partial charge in [-0.1, -0.05) is 19.3 Å². The number of nitrogens with zero attached hydrogens (tertiary/aromatic N) is 2. The molecule has 2 amide bonds. The molecular weight excluding hydrogens is 409 g/mol. The molecule has 3 rings (SSSR count). The maximum absolute atomic E-state index is 14.3. The molecule has 0 aromatic heterocycles. The van der Waals surface area contributed by atoms with Gasteiger partial charge in [-0.05, 0) is 43.9 Å². The molecule has 0 atom stereocenters. The Balaban J connectivity index is 1.61. The number of carbonyl (C=O) groups is 2. The molecule has 0 bridgehead atoms. The number of piperidine rings is 1. The topological polar surface area (TPSA) is 86.8 Å². The molecular formula is C21H30FN3O4S. The van der Waals surface area contributed by atoms with E-state index in [1.54, 1.807) is 0 Å². The Bertz CT molecular complexity index is 861. The summed E-state index contributed by atoms with van der Waals surface area (Å²) < 4.78 is 41.2. The van der Waals surface area contributed by atoms with E-state index in [9.17, 15) is 22.4 Å². The molecule has 1 aromatic carbocycles. The Morgan fingerprint density at radius 3 is 2.20 bits per heavy atom. The summed E-state index contributed by atoms with van der Waals surface area (Å²) in [7, 11) is -3.98. The first-order valence-electron chi connectivity index (χ1n) is 10.8. The van der Waals surface area contributed by atoms with Crippen molar-refractivity contribution in [1.82, 2.24) is 14.5 Å². The van der Waals surface area contributed by atoms with Crippen molar-refractivity contribution in [2.45, 2.75) is 56.3 Å². The highest BCUT2D eigenvalue weighted by molar-refractivity contribution is 7.89. The molecule has 2 saturated heterocycles. The van der Waals surface area contributed by atoms with Crippen LogP contribution >= 0.6 is 0 Å². The SMILES string of the molecule is O=C(NCCC(=O)N1CCCCCC1)c1ccc(F)c(S(=O)(=O)N2CCCCC2)c1. The zero-order valence-electron chi connectivity index (χ0n) is 17.2. The highest BCUT2D eigenvalue weighted by Gasteiger charge is 2.29. The van der Waals surface area contributed by atoms with Crippen LogP contribution in [-0.4, -0.2) is 62.2 Å². The number of rotatable bonds is 6. The van der Waals surface area contributed by atoms with E-state index >= 15 is 0 Å². The maximum atomic E-state index is 14.3. The zero-order valence-corrected chi connectivity index (χ0v) is 18.1. The van der Waals surface area contributed by atoms with Crippen LogP contribution in [0, 0.1) is 5.82 Å². The molecule has 1 N–H and O–H groups in total. The van der Waals surface area contributed by atoms with E-state index in [1.165, 1.54) is 10.4 Å². The molecule has 0 radical (unpaired) electrons. The highest BCUT2D eigenvalue weighted by Crippen LogP contribution is 2.24. The van der Waals surface area contributed by atoms with Crippen molar-refractivity contribution < 1.29 is 22.4 Å². The number of hydrogen-bond donors (Lipinski definition) is 1. The van der Waals surface area contributed by atoms with Gasteiger partial charge in [-0.25, -0.2) is 12.8 Å². The van der Waals surface area contributed by atoms with Gasteiger partial charge >= 0.3 is 0 Å². The van der Waals surface area contributed by atoms with Crippen LogP contribution in [-0.2, 0) is 14.8 Å². The van der Waals surface area contributed by atoms with Gasteiger partial charge in [0, 0.05) is 44.7 Å². The van der Waals surface area contributed by atoms with Gasteiger partial charge in [0.15, 0.2) is 0 Å². The van der Waals surface area contributed by atoms with E-state index in [-0.39, 0.29) is 24.4 Å². The van der Waals surface area contributed by atoms with Crippen molar-refractivity contribution in [3.05, 3.63) is 29.6 Å². The lowest BCUT2D eigenvalue weighted by molar-refractivity contribution is -0.131. The minimum Gasteiger partial charge on any atom is -0.352 e. The Morgan fingerprint density at radius 1 is 0.933 bits per heavy atom. The number of carbonyl (C=O) groups excluding carboxylic acids is 2. The lowest BCUT2D eigenvalue weighted by atomic mass is 10.2. The first-order valence-corrected chi connectivity index (χ1v) is 12.2. The quantitative estimate of drug-likeness (QED) is 0.738. The van der Waals surface area contributed by atoms with Crippen LogP contribution in [0.5, 0.6) is 0 Å². The predicted octanol–water partition coefficient (Wildman–Crippen LogP) is 2.52. The lowest BCUT2D eigenvalue weighted by Gasteiger charge is -2.26. The molecule has 7 nitrogen and oxygen atoms in total. The molecule has 2 fully saturated rings. The van der Waals surface area contributed by atoms with Gasteiger partial charge < -0.3 is 10.2 Å². The number of amides is 2. The summed E-state index contributed by atoms with van der Waals surface area (Å²) in [5, 5.41) is 2.64. The van der Waals surface area contributed by atoms with Crippen LogP contribution in [0.3, 0.4) is 0 Å². The normalized spacial score (nSPS) is 18.6. The van der Waals surface area contributed by atoms with Gasteiger partial charge in [0.25, 0.3) is 5.91 Å². The van der Waals surface area contributed by atoms with Gasteiger partial charge in [-0.2, -0.15) is 4.31 Å². The number of halogens is 1. The van der Waals surface area contributed by atoms with Gasteiger partial charge in [-0.3, -0.25) is 9.59 Å². The smallest absolute Gasteiger partial charge is 0.251 e. The van der Waals surface area contributed by atoms with Crippen molar-refractivity contribution >= 4 is 21.8 Å². The molecule has 2 aliphatic rings. The monoisotopic (exact) mass is 439 g/mol. The van der Waals surface area contributed by atoms with E-state index in [0.717, 1.165) is 70.2 Å². The fraction of sp³-hybridized carbons (Fsp3) is 0.619. The third kappa shape index (κ3) is 5.57. The lowest BCUT2D eigenvalue weighted by Crippen LogP contribution is -2.36. The maximum Gasteiger partial charge on any atom is 0.251 e. The summed E-state index contributed by atoms with van der Waals surface area (Å²) in [5.74, 6) is -1.38. The number of likely N-dealkylation sites (tertiary alicyclic amines) is 1. The summed E-state index contributed by atoms with van der Waals surface area (Å²) in [6, 6.07) is 3.36. The largest absolute Gasteiger partial charge is 0.352 e. The molecule has 2 aliphatic heterocycles. The van der Waals surface area contributed by atoms with Gasteiger partial charge in [0.05, 0.1) is 0 Å². The molecule has 0 saturated carbocycles. The number of nitrogens with one attached hydrogen (secondary N) is 1. The summed E-state index contributed by atoms with van der Waals surface area (Å²) in [6.45, 7) is 2.37. The molecule has 2 heterocycles. The third-order valence-corrected chi connectivity index (χ3v) is 7.62. The number of sulfonamides is 1. The van der Waals surface area contributed by atoms with E-state index in [0.29, 0.717) is 13.1 Å². The summed E-state index contributed by atoms with van der Waals surface area (Å²) in [4.78, 5) is 26.1. The van der Waals surface area contributed by atoms with Crippen LogP contribution in [0.2, 0.25) is 0 Å². The van der Waals surface area contributed by atoms with Gasteiger partial charge in [-0.15, -0.1) is 0 Å². The van der Waals surface area contributed by atoms with E-state index in [2.05, 4.69) is 5.32 Å². The molecule has 30 heavy (non-hydrogen) atoms. The highest BCUT2D eigenvalue weighted by atomic mass is 32.2. The molecule has 9 heteroatoms. The summed E-state index contributed by atoms with van der Waals surface area (Å²) >= 11 is 0. The average molecular weight is 440 g/mol. The Hall–Kier alpha value is -2.00. The molecule has 0 aliphatic carbocycles. The second-order valence-corrected chi connectivity index (χ2v) is 9.82. The third-order valence-electron chi connectivity index (χ3n) is 5.71. The fourth-order valence-corrected chi connectivity index (χ4v) is 5.56. The fourth-order valence-electron chi connectivity index (χ4n) is 3.95. The van der Waals surface area contributed by atoms with Crippen molar-refractivity contribution in [2.75, 3.05) is 32.7 Å². The van der Waals surface area contributed by atoms with Gasteiger partial charge in [0.1, 0.15) is 10.7 Å². The van der Waals surface area contributed by atoms with Crippen molar-refractivity contribution in [3.8, 4) is 0 Å². The van der Waals surface area contributed by atoms with Crippen molar-refractivity contribution in [1.29, 1.82) is 0 Å². The second kappa shape index (κ2) is 10.3. The van der Waals surface area contributed by atoms with Crippen LogP contribution in [0.25, 0.3) is 0 Å². The van der Waals surface area contributed by atoms with Gasteiger partial charge in [0.2, 0.25) is 15.9 Å². The van der Waals surface area contributed by atoms with E-state index < -0.39 is 26.6 Å². The predicted molar refractivity (Wildman–Crippen MR) is 111 cm³/mol. The minimum absolute atomic E-state index is 0.00433. The van der Waals surface area contributed by atoms with Crippen molar-refractivity contribution in [3.63, 3.8) is 0 Å². The number of benzene rings is 1. The Kier molecular flexibility index (Phi) is 7.82. The molecule has 1 aromatic rings. The number of hydrogen-bond acceptors (Lipinski definition) is 4. The Labute approximate surface area is 177 Å². The molecule has 0 unspecified atom stereocenters. The van der Waals surface area contributed by atoms with Crippen LogP contribution in [0.1, 0.15) is 61.7 Å². The molecule has 0 spiro atoms. The second-order valence-electron chi connectivity index (χ2n) is 7.91. The zero-order chi connectivity index (χ0) is 21.6. The van der Waals surface area contributed by atoms with Crippen molar-refractivity contribution in [2.24, 2.45) is 0 Å². The minimum atomic E-state index is -3.98. The van der Waals surface area contributed by atoms with Crippen LogP contribution in [0.15, 0.2) is 23.1 Å². The molecule has 166 valence electrons. The first kappa shape index (κ1) is 22.7. The standard InChI is InChI=1S/C21H30FN3O4S/c22-18-9-8-17(16-19(18)30(28,29)25-14-6-3-7-15-25)21(27)23-11-10-20(26)24-12-4-1-2-5-13-24/h8-9,16H,1-7,10-15H2,(H,23,27). The van der Waals surface area contributed by atoms with E-state index in [4.69, 9.17) is 0 Å². The van der Waals surface area contributed by atoms with Crippen LogP contribution < -0.4 is 5.32 Å². The average Bonchev–Trinajstić information content (AvgIpc) is 3.04. The first-order chi connectivity index (χ1) is 14.4. The Morgan fingerprint density at radius 2 is 1.53 bits per heavy atom. The summed E-state index contributed by atoms with van der Waals surface area (Å²) in [6.07, 6.45) is 6.89. The van der Waals surface area contributed by atoms with E-state index in [1.807, 2.05) is 4.90 Å². The summed E-state index contributed by atoms with van der Waals surface area (Å²) in [5.41, 5.74) is 0.0641.